The van der Waals surface area contributed by atoms with Gasteiger partial charge in [0.2, 0.25) is 5.91 Å². The first kappa shape index (κ1) is 19.9. The number of morpholine rings is 1. The molecule has 0 spiro atoms. The van der Waals surface area contributed by atoms with Crippen molar-refractivity contribution in [1.29, 1.82) is 0 Å². The number of amides is 1. The molecule has 140 valence electrons. The normalized spacial score (nSPS) is 17.0. The van der Waals surface area contributed by atoms with E-state index in [0.717, 1.165) is 39.4 Å². The molecule has 25 heavy (non-hydrogen) atoms. The third kappa shape index (κ3) is 6.44. The first-order valence-corrected chi connectivity index (χ1v) is 9.64. The third-order valence-corrected chi connectivity index (χ3v) is 5.10. The van der Waals surface area contributed by atoms with Crippen LogP contribution in [0.25, 0.3) is 0 Å². The molecule has 1 aromatic carbocycles. The second-order valence-electron chi connectivity index (χ2n) is 7.68. The number of carbonyl (C=O) groups excluding carboxylic acids is 1. The van der Waals surface area contributed by atoms with E-state index in [4.69, 9.17) is 4.74 Å². The lowest BCUT2D eigenvalue weighted by molar-refractivity contribution is -0.121. The van der Waals surface area contributed by atoms with E-state index >= 15 is 0 Å². The molecule has 0 aromatic heterocycles. The van der Waals surface area contributed by atoms with Crippen LogP contribution in [-0.2, 0) is 9.53 Å². The minimum absolute atomic E-state index is 0.153. The van der Waals surface area contributed by atoms with Gasteiger partial charge in [-0.05, 0) is 28.9 Å². The molecule has 4 nitrogen and oxygen atoms in total. The fourth-order valence-electron chi connectivity index (χ4n) is 3.32. The van der Waals surface area contributed by atoms with Crippen LogP contribution in [0.4, 0.5) is 0 Å². The summed E-state index contributed by atoms with van der Waals surface area (Å²) < 4.78 is 5.35. The Morgan fingerprint density at radius 3 is 2.24 bits per heavy atom. The van der Waals surface area contributed by atoms with Gasteiger partial charge in [0.25, 0.3) is 0 Å². The van der Waals surface area contributed by atoms with Crippen molar-refractivity contribution in [3.8, 4) is 0 Å². The zero-order chi connectivity index (χ0) is 18.2. The molecule has 0 saturated carbocycles. The smallest absolute Gasteiger partial charge is 0.220 e. The summed E-state index contributed by atoms with van der Waals surface area (Å²) in [5.74, 6) is 1.40. The summed E-state index contributed by atoms with van der Waals surface area (Å²) in [6, 6.07) is 8.79. The average molecular weight is 347 g/mol. The molecule has 0 aliphatic carbocycles. The molecule has 1 fully saturated rings. The largest absolute Gasteiger partial charge is 0.379 e. The predicted molar refractivity (Wildman–Crippen MR) is 103 cm³/mol. The maximum atomic E-state index is 12.4. The zero-order valence-corrected chi connectivity index (χ0v) is 16.3. The lowest BCUT2D eigenvalue weighted by Gasteiger charge is -2.27. The Morgan fingerprint density at radius 1 is 1.08 bits per heavy atom. The number of ether oxygens (including phenoxy) is 1. The topological polar surface area (TPSA) is 41.6 Å². The summed E-state index contributed by atoms with van der Waals surface area (Å²) in [6.07, 6.45) is 0.557. The van der Waals surface area contributed by atoms with E-state index in [1.54, 1.807) is 0 Å². The van der Waals surface area contributed by atoms with Gasteiger partial charge in [0.1, 0.15) is 0 Å². The minimum Gasteiger partial charge on any atom is -0.379 e. The lowest BCUT2D eigenvalue weighted by Crippen LogP contribution is -2.41. The Morgan fingerprint density at radius 2 is 1.68 bits per heavy atom. The summed E-state index contributed by atoms with van der Waals surface area (Å²) in [4.78, 5) is 14.7. The Bertz CT molecular complexity index is 519. The standard InChI is InChI=1S/C21H34N2O2/c1-16(2)18-5-7-19(8-6-18)20(17(3)4)15-21(24)22-9-10-23-11-13-25-14-12-23/h5-8,16-17,20H,9-15H2,1-4H3,(H,22,24). The second kappa shape index (κ2) is 9.93. The van der Waals surface area contributed by atoms with Crippen molar-refractivity contribution in [1.82, 2.24) is 10.2 Å². The monoisotopic (exact) mass is 346 g/mol. The van der Waals surface area contributed by atoms with Gasteiger partial charge in [-0.15, -0.1) is 0 Å². The molecule has 2 rings (SSSR count). The average Bonchev–Trinajstić information content (AvgIpc) is 2.60. The van der Waals surface area contributed by atoms with E-state index < -0.39 is 0 Å². The summed E-state index contributed by atoms with van der Waals surface area (Å²) in [7, 11) is 0. The molecule has 1 aromatic rings. The maximum Gasteiger partial charge on any atom is 0.220 e. The molecular weight excluding hydrogens is 312 g/mol. The summed E-state index contributed by atoms with van der Waals surface area (Å²) in [5, 5.41) is 3.09. The van der Waals surface area contributed by atoms with E-state index in [-0.39, 0.29) is 11.8 Å². The number of rotatable bonds is 8. The lowest BCUT2D eigenvalue weighted by atomic mass is 9.84. The van der Waals surface area contributed by atoms with Crippen LogP contribution in [0.1, 0.15) is 57.1 Å². The summed E-state index contributed by atoms with van der Waals surface area (Å²) in [5.41, 5.74) is 2.61. The second-order valence-corrected chi connectivity index (χ2v) is 7.68. The Kier molecular flexibility index (Phi) is 7.91. The Hall–Kier alpha value is -1.39. The molecule has 1 atom stereocenters. The van der Waals surface area contributed by atoms with E-state index in [1.807, 2.05) is 0 Å². The quantitative estimate of drug-likeness (QED) is 0.784. The molecule has 0 bridgehead atoms. The van der Waals surface area contributed by atoms with Crippen molar-refractivity contribution in [2.24, 2.45) is 5.92 Å². The maximum absolute atomic E-state index is 12.4. The van der Waals surface area contributed by atoms with Gasteiger partial charge in [-0.3, -0.25) is 9.69 Å². The predicted octanol–water partition coefficient (Wildman–Crippen LogP) is 3.39. The Balaban J connectivity index is 1.84. The SMILES string of the molecule is CC(C)c1ccc(C(CC(=O)NCCN2CCOCC2)C(C)C)cc1. The third-order valence-electron chi connectivity index (χ3n) is 5.10. The van der Waals surface area contributed by atoms with Gasteiger partial charge in [0, 0.05) is 32.6 Å². The highest BCUT2D eigenvalue weighted by atomic mass is 16.5. The van der Waals surface area contributed by atoms with Crippen LogP contribution in [-0.4, -0.2) is 50.2 Å². The van der Waals surface area contributed by atoms with Crippen molar-refractivity contribution < 1.29 is 9.53 Å². The number of benzene rings is 1. The van der Waals surface area contributed by atoms with Gasteiger partial charge in [-0.1, -0.05) is 52.0 Å². The molecule has 1 aliphatic heterocycles. The van der Waals surface area contributed by atoms with Gasteiger partial charge in [0.15, 0.2) is 0 Å². The minimum atomic E-state index is 0.153. The van der Waals surface area contributed by atoms with Crippen LogP contribution in [0.3, 0.4) is 0 Å². The molecule has 0 radical (unpaired) electrons. The van der Waals surface area contributed by atoms with E-state index in [2.05, 4.69) is 62.2 Å². The van der Waals surface area contributed by atoms with Gasteiger partial charge in [-0.25, -0.2) is 0 Å². The van der Waals surface area contributed by atoms with Gasteiger partial charge < -0.3 is 10.1 Å². The van der Waals surface area contributed by atoms with Crippen molar-refractivity contribution in [2.45, 2.75) is 46.0 Å². The highest BCUT2D eigenvalue weighted by molar-refractivity contribution is 5.76. The number of nitrogens with zero attached hydrogens (tertiary/aromatic N) is 1. The van der Waals surface area contributed by atoms with E-state index in [0.29, 0.717) is 18.3 Å². The van der Waals surface area contributed by atoms with Gasteiger partial charge in [0.05, 0.1) is 13.2 Å². The Labute approximate surface area is 152 Å². The molecule has 1 N–H and O–H groups in total. The first-order valence-electron chi connectivity index (χ1n) is 9.64. The van der Waals surface area contributed by atoms with Crippen LogP contribution >= 0.6 is 0 Å². The zero-order valence-electron chi connectivity index (χ0n) is 16.3. The molecule has 4 heteroatoms. The molecular formula is C21H34N2O2. The van der Waals surface area contributed by atoms with Crippen LogP contribution < -0.4 is 5.32 Å². The fourth-order valence-corrected chi connectivity index (χ4v) is 3.32. The van der Waals surface area contributed by atoms with Gasteiger partial charge in [-0.2, -0.15) is 0 Å². The summed E-state index contributed by atoms with van der Waals surface area (Å²) in [6.45, 7) is 14.0. The number of hydrogen-bond acceptors (Lipinski definition) is 3. The number of nitrogens with one attached hydrogen (secondary N) is 1. The summed E-state index contributed by atoms with van der Waals surface area (Å²) >= 11 is 0. The molecule has 1 saturated heterocycles. The fraction of sp³-hybridized carbons (Fsp3) is 0.667. The van der Waals surface area contributed by atoms with Gasteiger partial charge >= 0.3 is 0 Å². The van der Waals surface area contributed by atoms with Crippen molar-refractivity contribution >= 4 is 5.91 Å². The van der Waals surface area contributed by atoms with Crippen molar-refractivity contribution in [3.05, 3.63) is 35.4 Å². The molecule has 1 heterocycles. The number of hydrogen-bond donors (Lipinski definition) is 1. The first-order chi connectivity index (χ1) is 12.0. The molecule has 1 aliphatic rings. The highest BCUT2D eigenvalue weighted by Crippen LogP contribution is 2.29. The molecule has 1 unspecified atom stereocenters. The van der Waals surface area contributed by atoms with Crippen molar-refractivity contribution in [2.75, 3.05) is 39.4 Å². The van der Waals surface area contributed by atoms with Crippen LogP contribution in [0.5, 0.6) is 0 Å². The molecule has 1 amide bonds. The van der Waals surface area contributed by atoms with E-state index in [9.17, 15) is 4.79 Å². The van der Waals surface area contributed by atoms with Crippen molar-refractivity contribution in [3.63, 3.8) is 0 Å². The van der Waals surface area contributed by atoms with Crippen LogP contribution in [0.15, 0.2) is 24.3 Å². The van der Waals surface area contributed by atoms with Crippen LogP contribution in [0, 0.1) is 5.92 Å². The highest BCUT2D eigenvalue weighted by Gasteiger charge is 2.20. The van der Waals surface area contributed by atoms with Crippen LogP contribution in [0.2, 0.25) is 0 Å². The van der Waals surface area contributed by atoms with E-state index in [1.165, 1.54) is 11.1 Å². The number of carbonyl (C=O) groups is 1.